The molecule has 0 spiro atoms. The van der Waals surface area contributed by atoms with Crippen LogP contribution in [0.15, 0.2) is 47.1 Å². The van der Waals surface area contributed by atoms with Crippen molar-refractivity contribution in [2.45, 2.75) is 25.8 Å². The summed E-state index contributed by atoms with van der Waals surface area (Å²) in [5.41, 5.74) is 1.18. The van der Waals surface area contributed by atoms with E-state index in [0.29, 0.717) is 18.5 Å². The van der Waals surface area contributed by atoms with Crippen molar-refractivity contribution in [3.63, 3.8) is 0 Å². The van der Waals surface area contributed by atoms with Crippen molar-refractivity contribution in [2.75, 3.05) is 5.32 Å². The first-order valence-electron chi connectivity index (χ1n) is 7.36. The second-order valence-corrected chi connectivity index (χ2v) is 5.12. The Hall–Kier alpha value is -2.63. The van der Waals surface area contributed by atoms with Gasteiger partial charge in [0.15, 0.2) is 0 Å². The lowest BCUT2D eigenvalue weighted by Gasteiger charge is -2.10. The van der Waals surface area contributed by atoms with E-state index in [4.69, 9.17) is 4.42 Å². The zero-order valence-electron chi connectivity index (χ0n) is 12.7. The molecule has 6 nitrogen and oxygen atoms in total. The van der Waals surface area contributed by atoms with Crippen molar-refractivity contribution in [1.29, 1.82) is 0 Å². The molecule has 6 heteroatoms. The third-order valence-electron chi connectivity index (χ3n) is 3.67. The summed E-state index contributed by atoms with van der Waals surface area (Å²) in [6, 6.07) is 10.6. The molecule has 0 aliphatic rings. The minimum atomic E-state index is 0.123. The van der Waals surface area contributed by atoms with E-state index in [1.54, 1.807) is 6.20 Å². The molecule has 0 aliphatic carbocycles. The Morgan fingerprint density at radius 2 is 2.05 bits per heavy atom. The highest BCUT2D eigenvalue weighted by Gasteiger charge is 2.18. The van der Waals surface area contributed by atoms with Gasteiger partial charge in [-0.2, -0.15) is 0 Å². The van der Waals surface area contributed by atoms with Crippen LogP contribution in [0.3, 0.4) is 0 Å². The second-order valence-electron chi connectivity index (χ2n) is 5.12. The van der Waals surface area contributed by atoms with E-state index in [9.17, 15) is 0 Å². The van der Waals surface area contributed by atoms with E-state index in [2.05, 4.69) is 39.6 Å². The summed E-state index contributed by atoms with van der Waals surface area (Å²) in [5, 5.41) is 11.4. The van der Waals surface area contributed by atoms with E-state index in [0.717, 1.165) is 12.2 Å². The van der Waals surface area contributed by atoms with E-state index in [-0.39, 0.29) is 5.92 Å². The normalized spacial score (nSPS) is 12.3. The minimum absolute atomic E-state index is 0.123. The van der Waals surface area contributed by atoms with Crippen LogP contribution in [0, 0.1) is 0 Å². The second kappa shape index (κ2) is 6.43. The molecule has 22 heavy (non-hydrogen) atoms. The third kappa shape index (κ3) is 3.00. The van der Waals surface area contributed by atoms with Gasteiger partial charge in [0.05, 0.1) is 12.5 Å². The van der Waals surface area contributed by atoms with Gasteiger partial charge in [0.1, 0.15) is 5.82 Å². The van der Waals surface area contributed by atoms with Gasteiger partial charge in [0.2, 0.25) is 5.89 Å². The summed E-state index contributed by atoms with van der Waals surface area (Å²) in [4.78, 5) is 4.25. The highest BCUT2D eigenvalue weighted by molar-refractivity contribution is 5.26. The molecule has 0 amide bonds. The van der Waals surface area contributed by atoms with Crippen molar-refractivity contribution >= 4 is 6.01 Å². The number of rotatable bonds is 6. The molecule has 1 aromatic carbocycles. The summed E-state index contributed by atoms with van der Waals surface area (Å²) >= 11 is 0. The smallest absolute Gasteiger partial charge is 0.315 e. The molecule has 2 heterocycles. The number of benzene rings is 1. The van der Waals surface area contributed by atoms with Crippen molar-refractivity contribution in [3.05, 3.63) is 60.0 Å². The topological polar surface area (TPSA) is 68.8 Å². The van der Waals surface area contributed by atoms with Gasteiger partial charge in [-0.25, -0.2) is 4.98 Å². The molecule has 0 fully saturated rings. The quantitative estimate of drug-likeness (QED) is 0.757. The van der Waals surface area contributed by atoms with Gasteiger partial charge < -0.3 is 14.3 Å². The molecule has 3 aromatic rings. The van der Waals surface area contributed by atoms with Gasteiger partial charge in [0, 0.05) is 19.4 Å². The van der Waals surface area contributed by atoms with Gasteiger partial charge in [0.25, 0.3) is 0 Å². The zero-order chi connectivity index (χ0) is 15.4. The van der Waals surface area contributed by atoms with E-state index < -0.39 is 0 Å². The number of aromatic nitrogens is 4. The first-order valence-corrected chi connectivity index (χ1v) is 7.36. The Morgan fingerprint density at radius 1 is 1.23 bits per heavy atom. The van der Waals surface area contributed by atoms with Crippen LogP contribution in [0.25, 0.3) is 0 Å². The van der Waals surface area contributed by atoms with Gasteiger partial charge >= 0.3 is 6.01 Å². The molecular weight excluding hydrogens is 278 g/mol. The first kappa shape index (κ1) is 14.3. The highest BCUT2D eigenvalue weighted by atomic mass is 16.4. The van der Waals surface area contributed by atoms with Crippen LogP contribution >= 0.6 is 0 Å². The summed E-state index contributed by atoms with van der Waals surface area (Å²) in [6.07, 6.45) is 4.57. The van der Waals surface area contributed by atoms with Gasteiger partial charge in [-0.1, -0.05) is 42.4 Å². The molecule has 0 saturated heterocycles. The summed E-state index contributed by atoms with van der Waals surface area (Å²) in [6.45, 7) is 2.66. The predicted molar refractivity (Wildman–Crippen MR) is 83.4 cm³/mol. The highest BCUT2D eigenvalue weighted by Crippen LogP contribution is 2.27. The lowest BCUT2D eigenvalue weighted by Crippen LogP contribution is -2.05. The third-order valence-corrected chi connectivity index (χ3v) is 3.67. The molecule has 0 radical (unpaired) electrons. The minimum Gasteiger partial charge on any atom is -0.407 e. The lowest BCUT2D eigenvalue weighted by molar-refractivity contribution is 0.473. The largest absolute Gasteiger partial charge is 0.407 e. The summed E-state index contributed by atoms with van der Waals surface area (Å²) < 4.78 is 7.71. The molecule has 114 valence electrons. The first-order chi connectivity index (χ1) is 10.8. The maximum Gasteiger partial charge on any atom is 0.315 e. The summed E-state index contributed by atoms with van der Waals surface area (Å²) in [5.74, 6) is 1.67. The van der Waals surface area contributed by atoms with Crippen LogP contribution in [0.4, 0.5) is 6.01 Å². The van der Waals surface area contributed by atoms with Gasteiger partial charge in [-0.15, -0.1) is 5.10 Å². The monoisotopic (exact) mass is 297 g/mol. The number of hydrogen-bond acceptors (Lipinski definition) is 5. The van der Waals surface area contributed by atoms with Crippen LogP contribution in [0.2, 0.25) is 0 Å². The molecule has 0 saturated carbocycles. The van der Waals surface area contributed by atoms with E-state index in [1.807, 2.05) is 36.0 Å². The average Bonchev–Trinajstić information content (AvgIpc) is 3.16. The number of aryl methyl sites for hydroxylation is 1. The number of anilines is 1. The van der Waals surface area contributed by atoms with Crippen LogP contribution in [0.5, 0.6) is 0 Å². The fraction of sp³-hybridized carbons (Fsp3) is 0.312. The Balaban J connectivity index is 1.71. The van der Waals surface area contributed by atoms with E-state index in [1.165, 1.54) is 5.56 Å². The molecule has 2 aromatic heterocycles. The molecule has 0 unspecified atom stereocenters. The Kier molecular flexibility index (Phi) is 4.18. The van der Waals surface area contributed by atoms with Crippen LogP contribution in [-0.4, -0.2) is 19.7 Å². The van der Waals surface area contributed by atoms with Crippen molar-refractivity contribution in [3.8, 4) is 0 Å². The fourth-order valence-corrected chi connectivity index (χ4v) is 2.41. The number of imidazole rings is 1. The van der Waals surface area contributed by atoms with E-state index >= 15 is 0 Å². The Morgan fingerprint density at radius 3 is 2.73 bits per heavy atom. The maximum absolute atomic E-state index is 5.76. The SMILES string of the molecule is CC[C@H](c1ccccc1)c1nnc(NCc2nccn2C)o1. The van der Waals surface area contributed by atoms with Gasteiger partial charge in [-0.05, 0) is 12.0 Å². The van der Waals surface area contributed by atoms with Crippen LogP contribution in [-0.2, 0) is 13.6 Å². The number of nitrogens with zero attached hydrogens (tertiary/aromatic N) is 4. The predicted octanol–water partition coefficient (Wildman–Crippen LogP) is 2.96. The molecule has 3 rings (SSSR count). The van der Waals surface area contributed by atoms with Crippen LogP contribution in [0.1, 0.15) is 36.5 Å². The average molecular weight is 297 g/mol. The van der Waals surface area contributed by atoms with Crippen molar-refractivity contribution < 1.29 is 4.42 Å². The lowest BCUT2D eigenvalue weighted by atomic mass is 9.97. The molecule has 1 N–H and O–H groups in total. The molecule has 0 bridgehead atoms. The molecular formula is C16H19N5O. The standard InChI is InChI=1S/C16H19N5O/c1-3-13(12-7-5-4-6-8-12)15-19-20-16(22-15)18-11-14-17-9-10-21(14)2/h4-10,13H,3,11H2,1-2H3,(H,18,20)/t13-/m1/s1. The molecule has 0 aliphatic heterocycles. The molecule has 1 atom stereocenters. The maximum atomic E-state index is 5.76. The Bertz CT molecular complexity index is 719. The number of hydrogen-bond donors (Lipinski definition) is 1. The van der Waals surface area contributed by atoms with Crippen molar-refractivity contribution in [2.24, 2.45) is 7.05 Å². The number of nitrogens with one attached hydrogen (secondary N) is 1. The fourth-order valence-electron chi connectivity index (χ4n) is 2.41. The van der Waals surface area contributed by atoms with Gasteiger partial charge in [-0.3, -0.25) is 0 Å². The summed E-state index contributed by atoms with van der Waals surface area (Å²) in [7, 11) is 1.95. The van der Waals surface area contributed by atoms with Crippen molar-refractivity contribution in [1.82, 2.24) is 19.7 Å². The Labute approximate surface area is 129 Å². The zero-order valence-corrected chi connectivity index (χ0v) is 12.7. The van der Waals surface area contributed by atoms with Crippen LogP contribution < -0.4 is 5.32 Å².